The summed E-state index contributed by atoms with van der Waals surface area (Å²) in [6, 6.07) is 12.4. The van der Waals surface area contributed by atoms with Crippen molar-refractivity contribution in [2.75, 3.05) is 49.1 Å². The van der Waals surface area contributed by atoms with Gasteiger partial charge in [0.15, 0.2) is 5.78 Å². The van der Waals surface area contributed by atoms with E-state index in [1.54, 1.807) is 11.8 Å². The van der Waals surface area contributed by atoms with Gasteiger partial charge >= 0.3 is 0 Å². The Kier molecular flexibility index (Phi) is 5.41. The molecule has 2 heterocycles. The first kappa shape index (κ1) is 19.6. The molecule has 2 aromatic carbocycles. The van der Waals surface area contributed by atoms with Crippen LogP contribution in [0.15, 0.2) is 36.4 Å². The Hall–Kier alpha value is -2.66. The van der Waals surface area contributed by atoms with Crippen molar-refractivity contribution in [2.24, 2.45) is 0 Å². The van der Waals surface area contributed by atoms with Crippen LogP contribution in [0.1, 0.15) is 34.0 Å². The van der Waals surface area contributed by atoms with E-state index in [0.29, 0.717) is 13.1 Å². The van der Waals surface area contributed by atoms with Crippen molar-refractivity contribution in [3.05, 3.63) is 58.7 Å². The predicted octanol–water partition coefficient (Wildman–Crippen LogP) is 3.22. The molecule has 152 valence electrons. The van der Waals surface area contributed by atoms with Crippen molar-refractivity contribution in [2.45, 2.75) is 27.2 Å². The molecule has 1 fully saturated rings. The molecule has 1 amide bonds. The molecule has 0 saturated carbocycles. The third-order valence-corrected chi connectivity index (χ3v) is 6.12. The van der Waals surface area contributed by atoms with Crippen LogP contribution in [-0.2, 0) is 11.2 Å². The maximum Gasteiger partial charge on any atom is 0.223 e. The fraction of sp³-hybridized carbons (Fsp3) is 0.417. The van der Waals surface area contributed by atoms with Crippen molar-refractivity contribution in [1.29, 1.82) is 0 Å². The summed E-state index contributed by atoms with van der Waals surface area (Å²) < 4.78 is 0. The maximum atomic E-state index is 12.8. The van der Waals surface area contributed by atoms with E-state index < -0.39 is 0 Å². The Bertz CT molecular complexity index is 945. The molecule has 5 heteroatoms. The number of carbonyl (C=O) groups is 2. The molecule has 0 radical (unpaired) electrons. The number of amides is 1. The molecule has 0 bridgehead atoms. The van der Waals surface area contributed by atoms with Gasteiger partial charge in [-0.25, -0.2) is 0 Å². The minimum Gasteiger partial charge on any atom is -0.369 e. The van der Waals surface area contributed by atoms with Crippen LogP contribution in [-0.4, -0.2) is 55.9 Å². The fourth-order valence-corrected chi connectivity index (χ4v) is 4.40. The van der Waals surface area contributed by atoms with E-state index in [1.807, 2.05) is 18.2 Å². The summed E-state index contributed by atoms with van der Waals surface area (Å²) in [4.78, 5) is 31.0. The molecule has 1 saturated heterocycles. The van der Waals surface area contributed by atoms with Gasteiger partial charge in [-0.05, 0) is 61.2 Å². The number of anilines is 2. The highest BCUT2D eigenvalue weighted by Gasteiger charge is 2.24. The predicted molar refractivity (Wildman–Crippen MR) is 117 cm³/mol. The van der Waals surface area contributed by atoms with E-state index in [1.165, 1.54) is 16.8 Å². The highest BCUT2D eigenvalue weighted by Crippen LogP contribution is 2.29. The van der Waals surface area contributed by atoms with E-state index in [0.717, 1.165) is 49.4 Å². The first-order valence-corrected chi connectivity index (χ1v) is 10.4. The molecule has 0 atom stereocenters. The smallest absolute Gasteiger partial charge is 0.223 e. The second kappa shape index (κ2) is 7.99. The van der Waals surface area contributed by atoms with Crippen LogP contribution in [0.5, 0.6) is 0 Å². The number of hydrogen-bond acceptors (Lipinski definition) is 4. The molecule has 4 rings (SSSR count). The molecule has 5 nitrogen and oxygen atoms in total. The molecule has 2 aromatic rings. The van der Waals surface area contributed by atoms with Gasteiger partial charge < -0.3 is 9.80 Å². The summed E-state index contributed by atoms with van der Waals surface area (Å²) >= 11 is 0. The minimum absolute atomic E-state index is 0.0598. The number of piperazine rings is 1. The molecular weight excluding hydrogens is 362 g/mol. The Balaban J connectivity index is 1.37. The Morgan fingerprint density at radius 3 is 2.38 bits per heavy atom. The first-order valence-electron chi connectivity index (χ1n) is 10.4. The molecule has 2 aliphatic rings. The second-order valence-corrected chi connectivity index (χ2v) is 8.24. The van der Waals surface area contributed by atoms with Gasteiger partial charge in [0.2, 0.25) is 5.91 Å². The number of carbonyl (C=O) groups excluding carboxylic acids is 2. The Morgan fingerprint density at radius 2 is 1.66 bits per heavy atom. The van der Waals surface area contributed by atoms with Gasteiger partial charge in [0.1, 0.15) is 0 Å². The lowest BCUT2D eigenvalue weighted by Gasteiger charge is -2.36. The Morgan fingerprint density at radius 1 is 0.897 bits per heavy atom. The van der Waals surface area contributed by atoms with E-state index >= 15 is 0 Å². The van der Waals surface area contributed by atoms with E-state index in [2.05, 4.69) is 41.8 Å². The molecule has 0 unspecified atom stereocenters. The molecule has 0 aliphatic carbocycles. The number of benzene rings is 2. The van der Waals surface area contributed by atoms with Crippen LogP contribution in [0.25, 0.3) is 0 Å². The van der Waals surface area contributed by atoms with Gasteiger partial charge in [0, 0.05) is 56.6 Å². The van der Waals surface area contributed by atoms with E-state index in [4.69, 9.17) is 0 Å². The SMILES string of the molecule is CC(=O)N1CCc2cc(C(=O)CN3CCN(c4cc(C)ccc4C)CC3)ccc21. The lowest BCUT2D eigenvalue weighted by atomic mass is 10.0. The van der Waals surface area contributed by atoms with E-state index in [-0.39, 0.29) is 11.7 Å². The third-order valence-electron chi connectivity index (χ3n) is 6.12. The minimum atomic E-state index is 0.0598. The number of nitrogens with zero attached hydrogens (tertiary/aromatic N) is 3. The lowest BCUT2D eigenvalue weighted by Crippen LogP contribution is -2.48. The number of ketones is 1. The summed E-state index contributed by atoms with van der Waals surface area (Å²) in [5.74, 6) is 0.221. The summed E-state index contributed by atoms with van der Waals surface area (Å²) in [6.07, 6.45) is 0.824. The fourth-order valence-electron chi connectivity index (χ4n) is 4.40. The zero-order chi connectivity index (χ0) is 20.5. The lowest BCUT2D eigenvalue weighted by molar-refractivity contribution is -0.116. The topological polar surface area (TPSA) is 43.9 Å². The number of aryl methyl sites for hydroxylation is 2. The average Bonchev–Trinajstić information content (AvgIpc) is 3.14. The van der Waals surface area contributed by atoms with Gasteiger partial charge in [-0.3, -0.25) is 14.5 Å². The molecule has 0 N–H and O–H groups in total. The summed E-state index contributed by atoms with van der Waals surface area (Å²) in [5.41, 5.74) is 6.71. The van der Waals surface area contributed by atoms with Crippen LogP contribution < -0.4 is 9.80 Å². The van der Waals surface area contributed by atoms with Crippen LogP contribution in [0.4, 0.5) is 11.4 Å². The van der Waals surface area contributed by atoms with Crippen LogP contribution in [0.2, 0.25) is 0 Å². The summed E-state index contributed by atoms with van der Waals surface area (Å²) in [6.45, 7) is 10.7. The van der Waals surface area contributed by atoms with Crippen LogP contribution in [0.3, 0.4) is 0 Å². The molecular formula is C24H29N3O2. The summed E-state index contributed by atoms with van der Waals surface area (Å²) in [7, 11) is 0. The number of fused-ring (bicyclic) bond motifs is 1. The quantitative estimate of drug-likeness (QED) is 0.751. The number of rotatable bonds is 4. The first-order chi connectivity index (χ1) is 13.9. The Labute approximate surface area is 172 Å². The second-order valence-electron chi connectivity index (χ2n) is 8.24. The van der Waals surface area contributed by atoms with Crippen molar-refractivity contribution in [3.63, 3.8) is 0 Å². The highest BCUT2D eigenvalue weighted by atomic mass is 16.2. The number of hydrogen-bond donors (Lipinski definition) is 0. The third kappa shape index (κ3) is 4.06. The monoisotopic (exact) mass is 391 g/mol. The molecule has 29 heavy (non-hydrogen) atoms. The normalized spacial score (nSPS) is 16.8. The van der Waals surface area contributed by atoms with Gasteiger partial charge in [0.05, 0.1) is 6.54 Å². The van der Waals surface area contributed by atoms with Crippen molar-refractivity contribution in [3.8, 4) is 0 Å². The van der Waals surface area contributed by atoms with Crippen LogP contribution >= 0.6 is 0 Å². The number of Topliss-reactive ketones (excluding diaryl/α,β-unsaturated/α-hetero) is 1. The highest BCUT2D eigenvalue weighted by molar-refractivity contribution is 6.00. The average molecular weight is 392 g/mol. The van der Waals surface area contributed by atoms with Crippen molar-refractivity contribution in [1.82, 2.24) is 4.90 Å². The molecule has 2 aliphatic heterocycles. The van der Waals surface area contributed by atoms with E-state index in [9.17, 15) is 9.59 Å². The zero-order valence-corrected chi connectivity index (χ0v) is 17.6. The largest absolute Gasteiger partial charge is 0.369 e. The standard InChI is InChI=1S/C24H29N3O2/c1-17-4-5-18(2)23(14-17)26-12-10-25(11-13-26)16-24(29)21-6-7-22-20(15-21)8-9-27(22)19(3)28/h4-7,14-15H,8-13,16H2,1-3H3. The summed E-state index contributed by atoms with van der Waals surface area (Å²) in [5, 5.41) is 0. The van der Waals surface area contributed by atoms with Gasteiger partial charge in [0.25, 0.3) is 0 Å². The van der Waals surface area contributed by atoms with Crippen molar-refractivity contribution < 1.29 is 9.59 Å². The molecule has 0 aromatic heterocycles. The molecule has 0 spiro atoms. The maximum absolute atomic E-state index is 12.8. The van der Waals surface area contributed by atoms with Gasteiger partial charge in [-0.1, -0.05) is 12.1 Å². The van der Waals surface area contributed by atoms with Crippen LogP contribution in [0, 0.1) is 13.8 Å². The zero-order valence-electron chi connectivity index (χ0n) is 17.6. The van der Waals surface area contributed by atoms with Crippen molar-refractivity contribution >= 4 is 23.1 Å². The van der Waals surface area contributed by atoms with Gasteiger partial charge in [-0.2, -0.15) is 0 Å². The van der Waals surface area contributed by atoms with Gasteiger partial charge in [-0.15, -0.1) is 0 Å².